The van der Waals surface area contributed by atoms with E-state index in [2.05, 4.69) is 18.3 Å². The number of amides is 2. The molecule has 4 N–H and O–H groups in total. The normalized spacial score (nSPS) is 15.2. The molecule has 0 radical (unpaired) electrons. The fourth-order valence-electron chi connectivity index (χ4n) is 3.46. The van der Waals surface area contributed by atoms with Gasteiger partial charge in [-0.2, -0.15) is 0 Å². The van der Waals surface area contributed by atoms with E-state index in [4.69, 9.17) is 5.73 Å². The zero-order valence-electron chi connectivity index (χ0n) is 15.8. The molecule has 1 aliphatic heterocycles. The van der Waals surface area contributed by atoms with Crippen molar-refractivity contribution in [3.05, 3.63) is 71.3 Å². The first-order valence-electron chi connectivity index (χ1n) is 9.34. The number of rotatable bonds is 7. The SMILES string of the molecule is C/C=C(/N)c1ccccc1[NH2+]C(C)CCCN1C(=O)c2ccccc2C1=O. The van der Waals surface area contributed by atoms with Crippen LogP contribution in [0, 0.1) is 0 Å². The predicted octanol–water partition coefficient (Wildman–Crippen LogP) is 2.67. The summed E-state index contributed by atoms with van der Waals surface area (Å²) in [5, 5.41) is 2.20. The maximum Gasteiger partial charge on any atom is 0.261 e. The molecule has 27 heavy (non-hydrogen) atoms. The lowest BCUT2D eigenvalue weighted by Crippen LogP contribution is -2.84. The van der Waals surface area contributed by atoms with Crippen LogP contribution in [0.1, 0.15) is 53.0 Å². The summed E-state index contributed by atoms with van der Waals surface area (Å²) < 4.78 is 0. The van der Waals surface area contributed by atoms with Gasteiger partial charge in [0.1, 0.15) is 5.69 Å². The van der Waals surface area contributed by atoms with Crippen molar-refractivity contribution in [3.8, 4) is 0 Å². The first-order chi connectivity index (χ1) is 13.0. The van der Waals surface area contributed by atoms with E-state index in [1.165, 1.54) is 4.90 Å². The molecule has 2 amide bonds. The standard InChI is InChI=1S/C22H25N3O2/c1-3-19(23)18-12-6-7-13-20(18)24-15(2)9-8-14-25-21(26)16-10-4-5-11-17(16)22(25)27/h3-7,10-13,15,24H,8-9,14,23H2,1-2H3/p+1/b19-3+. The van der Waals surface area contributed by atoms with Crippen molar-refractivity contribution in [2.75, 3.05) is 6.54 Å². The summed E-state index contributed by atoms with van der Waals surface area (Å²) in [6.45, 7) is 4.52. The number of hydrogen-bond acceptors (Lipinski definition) is 3. The Morgan fingerprint density at radius 3 is 2.30 bits per heavy atom. The van der Waals surface area contributed by atoms with Crippen molar-refractivity contribution < 1.29 is 14.9 Å². The second-order valence-corrected chi connectivity index (χ2v) is 6.92. The highest BCUT2D eigenvalue weighted by Gasteiger charge is 2.34. The topological polar surface area (TPSA) is 80.0 Å². The van der Waals surface area contributed by atoms with Crippen LogP contribution in [0.3, 0.4) is 0 Å². The van der Waals surface area contributed by atoms with E-state index in [1.807, 2.05) is 31.2 Å². The van der Waals surface area contributed by atoms with Crippen molar-refractivity contribution in [3.63, 3.8) is 0 Å². The third kappa shape index (κ3) is 3.93. The van der Waals surface area contributed by atoms with Crippen molar-refractivity contribution >= 4 is 23.2 Å². The summed E-state index contributed by atoms with van der Waals surface area (Å²) in [4.78, 5) is 26.2. The summed E-state index contributed by atoms with van der Waals surface area (Å²) in [6.07, 6.45) is 3.56. The van der Waals surface area contributed by atoms with Gasteiger partial charge >= 0.3 is 0 Å². The third-order valence-corrected chi connectivity index (χ3v) is 4.97. The van der Waals surface area contributed by atoms with Gasteiger partial charge < -0.3 is 11.1 Å². The number of hydrogen-bond donors (Lipinski definition) is 2. The lowest BCUT2D eigenvalue weighted by Gasteiger charge is -2.16. The maximum absolute atomic E-state index is 12.4. The summed E-state index contributed by atoms with van der Waals surface area (Å²) >= 11 is 0. The van der Waals surface area contributed by atoms with E-state index in [0.29, 0.717) is 23.7 Å². The molecular weight excluding hydrogens is 338 g/mol. The Hall–Kier alpha value is -2.92. The second-order valence-electron chi connectivity index (χ2n) is 6.92. The zero-order valence-corrected chi connectivity index (χ0v) is 15.8. The fraction of sp³-hybridized carbons (Fsp3) is 0.273. The van der Waals surface area contributed by atoms with Crippen LogP contribution in [-0.2, 0) is 0 Å². The average molecular weight is 364 g/mol. The third-order valence-electron chi connectivity index (χ3n) is 4.97. The second kappa shape index (κ2) is 8.18. The molecule has 2 aromatic carbocycles. The molecule has 0 aromatic heterocycles. The van der Waals surface area contributed by atoms with Crippen LogP contribution in [0.25, 0.3) is 5.70 Å². The van der Waals surface area contributed by atoms with Gasteiger partial charge in [0.15, 0.2) is 0 Å². The molecular formula is C22H26N3O2+. The molecule has 2 aromatic rings. The molecule has 1 unspecified atom stereocenters. The number of fused-ring (bicyclic) bond motifs is 1. The van der Waals surface area contributed by atoms with Gasteiger partial charge in [0.2, 0.25) is 0 Å². The lowest BCUT2D eigenvalue weighted by molar-refractivity contribution is -0.608. The zero-order chi connectivity index (χ0) is 19.4. The highest BCUT2D eigenvalue weighted by molar-refractivity contribution is 6.21. The largest absolute Gasteiger partial charge is 0.398 e. The van der Waals surface area contributed by atoms with Gasteiger partial charge in [-0.1, -0.05) is 30.3 Å². The number of nitrogens with two attached hydrogens (primary N) is 2. The van der Waals surface area contributed by atoms with Gasteiger partial charge in [-0.15, -0.1) is 0 Å². The molecule has 0 fully saturated rings. The molecule has 5 nitrogen and oxygen atoms in total. The van der Waals surface area contributed by atoms with Gasteiger partial charge in [-0.3, -0.25) is 14.5 Å². The molecule has 5 heteroatoms. The van der Waals surface area contributed by atoms with Crippen molar-refractivity contribution in [1.29, 1.82) is 0 Å². The molecule has 1 atom stereocenters. The molecule has 3 rings (SSSR count). The van der Waals surface area contributed by atoms with Gasteiger partial charge in [0, 0.05) is 18.7 Å². The summed E-state index contributed by atoms with van der Waals surface area (Å²) in [5.74, 6) is -0.364. The van der Waals surface area contributed by atoms with Gasteiger partial charge in [0.25, 0.3) is 11.8 Å². The van der Waals surface area contributed by atoms with E-state index < -0.39 is 0 Å². The van der Waals surface area contributed by atoms with Crippen LogP contribution in [0.4, 0.5) is 5.69 Å². The van der Waals surface area contributed by atoms with E-state index in [0.717, 1.165) is 29.8 Å². The lowest BCUT2D eigenvalue weighted by atomic mass is 10.1. The number of para-hydroxylation sites is 1. The minimum atomic E-state index is -0.182. The molecule has 1 aliphatic rings. The Morgan fingerprint density at radius 2 is 1.67 bits per heavy atom. The van der Waals surface area contributed by atoms with Crippen LogP contribution in [-0.4, -0.2) is 29.3 Å². The van der Waals surface area contributed by atoms with E-state index in [9.17, 15) is 9.59 Å². The Balaban J connectivity index is 1.56. The van der Waals surface area contributed by atoms with E-state index in [-0.39, 0.29) is 11.8 Å². The van der Waals surface area contributed by atoms with Crippen LogP contribution >= 0.6 is 0 Å². The first kappa shape index (κ1) is 18.9. The van der Waals surface area contributed by atoms with Gasteiger partial charge in [-0.05, 0) is 44.5 Å². The Bertz CT molecular complexity index is 854. The number of benzene rings is 2. The number of nitrogens with zero attached hydrogens (tertiary/aromatic N) is 1. The number of quaternary nitrogens is 1. The monoisotopic (exact) mass is 364 g/mol. The van der Waals surface area contributed by atoms with Crippen molar-refractivity contribution in [2.24, 2.45) is 5.73 Å². The number of carbonyl (C=O) groups is 2. The highest BCUT2D eigenvalue weighted by Crippen LogP contribution is 2.22. The molecule has 140 valence electrons. The Morgan fingerprint density at radius 1 is 1.07 bits per heavy atom. The van der Waals surface area contributed by atoms with Gasteiger partial charge in [-0.25, -0.2) is 0 Å². The minimum absolute atomic E-state index is 0.182. The molecule has 1 heterocycles. The summed E-state index contributed by atoms with van der Waals surface area (Å²) in [7, 11) is 0. The number of carbonyl (C=O) groups excluding carboxylic acids is 2. The minimum Gasteiger partial charge on any atom is -0.398 e. The average Bonchev–Trinajstić information content (AvgIpc) is 2.93. The van der Waals surface area contributed by atoms with Crippen LogP contribution < -0.4 is 11.1 Å². The molecule has 0 aliphatic carbocycles. The van der Waals surface area contributed by atoms with Crippen molar-refractivity contribution in [2.45, 2.75) is 32.7 Å². The maximum atomic E-state index is 12.4. The predicted molar refractivity (Wildman–Crippen MR) is 106 cm³/mol. The summed E-state index contributed by atoms with van der Waals surface area (Å²) in [6, 6.07) is 15.4. The highest BCUT2D eigenvalue weighted by atomic mass is 16.2. The molecule has 0 saturated heterocycles. The smallest absolute Gasteiger partial charge is 0.261 e. The fourth-order valence-corrected chi connectivity index (χ4v) is 3.46. The Kier molecular flexibility index (Phi) is 5.72. The van der Waals surface area contributed by atoms with Gasteiger partial charge in [0.05, 0.1) is 22.7 Å². The number of allylic oxidation sites excluding steroid dienone is 1. The van der Waals surface area contributed by atoms with Crippen LogP contribution in [0.5, 0.6) is 0 Å². The quantitative estimate of drug-likeness (QED) is 0.585. The molecule has 0 bridgehead atoms. The van der Waals surface area contributed by atoms with Crippen molar-refractivity contribution in [1.82, 2.24) is 4.90 Å². The first-order valence-corrected chi connectivity index (χ1v) is 9.34. The molecule has 0 saturated carbocycles. The van der Waals surface area contributed by atoms with E-state index >= 15 is 0 Å². The molecule has 0 spiro atoms. The number of imide groups is 1. The van der Waals surface area contributed by atoms with Crippen LogP contribution in [0.2, 0.25) is 0 Å². The van der Waals surface area contributed by atoms with Crippen LogP contribution in [0.15, 0.2) is 54.6 Å². The Labute approximate surface area is 159 Å². The summed E-state index contributed by atoms with van der Waals surface area (Å²) in [5.41, 5.74) is 10.0. The van der Waals surface area contributed by atoms with E-state index in [1.54, 1.807) is 24.3 Å².